The van der Waals surface area contributed by atoms with Crippen molar-refractivity contribution < 1.29 is 0 Å². The van der Waals surface area contributed by atoms with Crippen molar-refractivity contribution in [3.8, 4) is 11.1 Å². The van der Waals surface area contributed by atoms with E-state index in [2.05, 4.69) is 269 Å². The summed E-state index contributed by atoms with van der Waals surface area (Å²) in [7, 11) is 0. The zero-order valence-corrected chi connectivity index (χ0v) is 46.3. The number of benzene rings is 8. The van der Waals surface area contributed by atoms with Gasteiger partial charge in [-0.3, -0.25) is 0 Å². The van der Waals surface area contributed by atoms with Crippen LogP contribution in [0.5, 0.6) is 0 Å². The largest absolute Gasteiger partial charge is 0.311 e. The Bertz CT molecular complexity index is 3480. The first kappa shape index (κ1) is 48.2. The Morgan fingerprint density at radius 3 is 1.43 bits per heavy atom. The Morgan fingerprint density at radius 2 is 0.892 bits per heavy atom. The van der Waals surface area contributed by atoms with E-state index in [1.807, 2.05) is 0 Å². The molecule has 4 heteroatoms. The number of aryl methyl sites for hydroxylation is 2. The summed E-state index contributed by atoms with van der Waals surface area (Å²) in [6.45, 7) is 31.5. The molecule has 0 saturated carbocycles. The molecule has 2 aliphatic heterocycles. The summed E-state index contributed by atoms with van der Waals surface area (Å²) >= 11 is 0. The van der Waals surface area contributed by atoms with E-state index in [0.717, 1.165) is 36.3 Å². The molecule has 0 amide bonds. The van der Waals surface area contributed by atoms with Crippen LogP contribution in [-0.4, -0.2) is 6.71 Å². The van der Waals surface area contributed by atoms with Crippen LogP contribution in [0, 0.1) is 13.8 Å². The monoisotopic (exact) mass is 968 g/mol. The molecule has 0 saturated heterocycles. The highest BCUT2D eigenvalue weighted by Gasteiger charge is 2.48. The number of rotatable bonds is 6. The van der Waals surface area contributed by atoms with Gasteiger partial charge in [-0.25, -0.2) is 0 Å². The topological polar surface area (TPSA) is 9.72 Å². The zero-order chi connectivity index (χ0) is 51.9. The maximum atomic E-state index is 2.69. The average Bonchev–Trinajstić information content (AvgIpc) is 3.37. The summed E-state index contributed by atoms with van der Waals surface area (Å²) in [4.78, 5) is 7.82. The number of anilines is 9. The Kier molecular flexibility index (Phi) is 11.0. The van der Waals surface area contributed by atoms with Crippen molar-refractivity contribution in [1.82, 2.24) is 0 Å². The summed E-state index contributed by atoms with van der Waals surface area (Å²) in [5.41, 5.74) is 27.4. The summed E-state index contributed by atoms with van der Waals surface area (Å²) in [5.74, 6) is 0. The first-order chi connectivity index (χ1) is 35.1. The molecule has 0 spiro atoms. The average molecular weight is 968 g/mol. The number of fused-ring (bicyclic) bond motifs is 6. The second-order valence-corrected chi connectivity index (χ2v) is 26.1. The third-order valence-corrected chi connectivity index (χ3v) is 18.1. The molecule has 2 heterocycles. The van der Waals surface area contributed by atoms with E-state index >= 15 is 0 Å². The van der Waals surface area contributed by atoms with Crippen LogP contribution in [0.4, 0.5) is 51.2 Å². The van der Waals surface area contributed by atoms with E-state index in [-0.39, 0.29) is 33.8 Å². The van der Waals surface area contributed by atoms with Crippen molar-refractivity contribution in [3.05, 3.63) is 203 Å². The van der Waals surface area contributed by atoms with Crippen LogP contribution >= 0.6 is 0 Å². The summed E-state index contributed by atoms with van der Waals surface area (Å²) < 4.78 is 0. The van der Waals surface area contributed by atoms with Gasteiger partial charge in [0.15, 0.2) is 0 Å². The van der Waals surface area contributed by atoms with Gasteiger partial charge in [0.05, 0.1) is 5.69 Å². The minimum absolute atomic E-state index is 0.0166. The maximum Gasteiger partial charge on any atom is 0.252 e. The highest BCUT2D eigenvalue weighted by molar-refractivity contribution is 7.00. The first-order valence-electron chi connectivity index (χ1n) is 27.5. The minimum atomic E-state index is -0.0275. The van der Waals surface area contributed by atoms with Gasteiger partial charge in [0.1, 0.15) is 0 Å². The highest BCUT2D eigenvalue weighted by Crippen LogP contribution is 2.54. The molecule has 372 valence electrons. The van der Waals surface area contributed by atoms with Gasteiger partial charge in [-0.05, 0) is 200 Å². The van der Waals surface area contributed by atoms with Crippen molar-refractivity contribution in [2.45, 2.75) is 143 Å². The molecule has 0 unspecified atom stereocenters. The summed E-state index contributed by atoms with van der Waals surface area (Å²) in [5, 5.41) is 0. The molecule has 2 aliphatic carbocycles. The van der Waals surface area contributed by atoms with Crippen LogP contribution < -0.4 is 31.1 Å². The number of hydrogen-bond donors (Lipinski definition) is 0. The summed E-state index contributed by atoms with van der Waals surface area (Å²) in [6, 6.07) is 63.2. The van der Waals surface area contributed by atoms with E-state index in [1.165, 1.54) is 107 Å². The van der Waals surface area contributed by atoms with Gasteiger partial charge in [0, 0.05) is 51.1 Å². The zero-order valence-electron chi connectivity index (χ0n) is 46.3. The molecule has 8 aromatic rings. The Hall–Kier alpha value is -6.78. The SMILES string of the molecule is Cc1cc2c3c(c1)N(c1ccc(C(C)(C)C)cc1-c1ccccc1)c1cc4c(cc1B3c1ccc(N(c3ccccc3)c3ccccc3)cc1N2c1cc2c(cc1C)C(C)(C)CCC2(C)C)C(C)(C)CCC4(C)C. The lowest BCUT2D eigenvalue weighted by molar-refractivity contribution is 0.332. The second kappa shape index (κ2) is 16.9. The quantitative estimate of drug-likeness (QED) is 0.154. The van der Waals surface area contributed by atoms with Crippen molar-refractivity contribution in [1.29, 1.82) is 0 Å². The molecule has 0 aromatic heterocycles. The lowest BCUT2D eigenvalue weighted by atomic mass is 9.33. The molecule has 3 nitrogen and oxygen atoms in total. The predicted molar refractivity (Wildman–Crippen MR) is 319 cm³/mol. The molecule has 4 aliphatic rings. The van der Waals surface area contributed by atoms with Crippen LogP contribution in [0.15, 0.2) is 164 Å². The lowest BCUT2D eigenvalue weighted by Crippen LogP contribution is -2.62. The molecular formula is C70H74BN3. The van der Waals surface area contributed by atoms with Crippen molar-refractivity contribution in [2.75, 3.05) is 14.7 Å². The number of nitrogens with zero attached hydrogens (tertiary/aromatic N) is 3. The van der Waals surface area contributed by atoms with Gasteiger partial charge < -0.3 is 14.7 Å². The van der Waals surface area contributed by atoms with Gasteiger partial charge in [0.25, 0.3) is 6.71 Å². The van der Waals surface area contributed by atoms with Crippen molar-refractivity contribution >= 4 is 74.3 Å². The van der Waals surface area contributed by atoms with Gasteiger partial charge in [-0.15, -0.1) is 0 Å². The molecule has 12 rings (SSSR count). The standard InChI is InChI=1S/C70H74BN3/c1-45-37-63-65-64(38-45)74(60-43-55-53(39-46(60)2)67(6,7)33-35-69(55,10)11)61-41-51(72(49-25-19-15-20-26-49)50-27-21-16-22-28-50)30-31-57(61)71(65)58-42-54-56(70(12,13)36-34-68(54,8)9)44-62(58)73(63)59-32-29-48(66(3,4)5)40-52(59)47-23-17-14-18-24-47/h14-32,37-44H,33-36H2,1-13H3. The van der Waals surface area contributed by atoms with E-state index in [0.29, 0.717) is 0 Å². The first-order valence-corrected chi connectivity index (χ1v) is 27.5. The van der Waals surface area contributed by atoms with E-state index < -0.39 is 0 Å². The lowest BCUT2D eigenvalue weighted by Gasteiger charge is -2.48. The maximum absolute atomic E-state index is 2.69. The van der Waals surface area contributed by atoms with Crippen LogP contribution in [0.2, 0.25) is 0 Å². The van der Waals surface area contributed by atoms with Crippen LogP contribution in [-0.2, 0) is 27.1 Å². The molecule has 8 aromatic carbocycles. The van der Waals surface area contributed by atoms with Gasteiger partial charge in [-0.2, -0.15) is 0 Å². The van der Waals surface area contributed by atoms with Crippen LogP contribution in [0.3, 0.4) is 0 Å². The van der Waals surface area contributed by atoms with Gasteiger partial charge >= 0.3 is 0 Å². The molecule has 0 bridgehead atoms. The fourth-order valence-electron chi connectivity index (χ4n) is 13.4. The predicted octanol–water partition coefficient (Wildman–Crippen LogP) is 17.5. The van der Waals surface area contributed by atoms with E-state index in [9.17, 15) is 0 Å². The molecular weight excluding hydrogens is 894 g/mol. The highest BCUT2D eigenvalue weighted by atomic mass is 15.2. The third kappa shape index (κ3) is 7.68. The third-order valence-electron chi connectivity index (χ3n) is 18.1. The molecule has 0 radical (unpaired) electrons. The minimum Gasteiger partial charge on any atom is -0.311 e. The molecule has 0 fully saturated rings. The normalized spacial score (nSPS) is 17.4. The van der Waals surface area contributed by atoms with Crippen molar-refractivity contribution in [2.24, 2.45) is 0 Å². The Balaban J connectivity index is 1.21. The Labute approximate surface area is 443 Å². The van der Waals surface area contributed by atoms with Gasteiger partial charge in [0.2, 0.25) is 0 Å². The van der Waals surface area contributed by atoms with E-state index in [4.69, 9.17) is 0 Å². The van der Waals surface area contributed by atoms with E-state index in [1.54, 1.807) is 0 Å². The van der Waals surface area contributed by atoms with Crippen LogP contribution in [0.1, 0.15) is 141 Å². The van der Waals surface area contributed by atoms with Crippen LogP contribution in [0.25, 0.3) is 11.1 Å². The fraction of sp³-hybridized carbons (Fsp3) is 0.314. The fourth-order valence-corrected chi connectivity index (χ4v) is 13.4. The Morgan fingerprint density at radius 1 is 0.419 bits per heavy atom. The van der Waals surface area contributed by atoms with Gasteiger partial charge in [-0.1, -0.05) is 167 Å². The van der Waals surface area contributed by atoms with Crippen molar-refractivity contribution in [3.63, 3.8) is 0 Å². The smallest absolute Gasteiger partial charge is 0.252 e. The number of hydrogen-bond acceptors (Lipinski definition) is 3. The second-order valence-electron chi connectivity index (χ2n) is 26.1. The summed E-state index contributed by atoms with van der Waals surface area (Å²) in [6.07, 6.45) is 4.64. The molecule has 0 N–H and O–H groups in total. The number of para-hydroxylation sites is 2. The molecule has 0 atom stereocenters. The molecule has 74 heavy (non-hydrogen) atoms.